The molecule has 6 bridgehead atoms. The van der Waals surface area contributed by atoms with Crippen molar-refractivity contribution < 1.29 is 39.4 Å². The Bertz CT molecular complexity index is 2110. The molecule has 2 aliphatic heterocycles. The summed E-state index contributed by atoms with van der Waals surface area (Å²) < 4.78 is 18.0. The van der Waals surface area contributed by atoms with E-state index >= 15 is 0 Å². The summed E-state index contributed by atoms with van der Waals surface area (Å²) in [6.07, 6.45) is 13.1. The van der Waals surface area contributed by atoms with Crippen LogP contribution in [0.4, 0.5) is 5.69 Å². The van der Waals surface area contributed by atoms with Gasteiger partial charge in [-0.1, -0.05) is 42.7 Å². The number of rotatable bonds is 12. The predicted molar refractivity (Wildman–Crippen MR) is 219 cm³/mol. The number of aliphatic hydroxyl groups excluding tert-OH is 3. The van der Waals surface area contributed by atoms with Gasteiger partial charge in [0.2, 0.25) is 0 Å². The summed E-state index contributed by atoms with van der Waals surface area (Å²) in [5, 5.41) is 46.3. The quantitative estimate of drug-likeness (QED) is 0.0714. The number of allylic oxidation sites excluding steroid dienone is 3. The first kappa shape index (κ1) is 40.2. The Labute approximate surface area is 329 Å². The maximum atomic E-state index is 13.6. The molecule has 4 atom stereocenters. The van der Waals surface area contributed by atoms with Gasteiger partial charge in [-0.3, -0.25) is 4.79 Å². The van der Waals surface area contributed by atoms with E-state index in [1.54, 1.807) is 26.2 Å². The second kappa shape index (κ2) is 19.4. The van der Waals surface area contributed by atoms with Crippen LogP contribution in [0.2, 0.25) is 0 Å². The zero-order chi connectivity index (χ0) is 39.4. The molecule has 56 heavy (non-hydrogen) atoms. The Balaban J connectivity index is 1.20. The highest BCUT2D eigenvalue weighted by atomic mass is 16.5. The standard InChI is InChI=1S/C47H53NO8/c1-31(50)28-48-39-10-5-8-32(21-39)7-3-4-9-34-14-17-40(51)24-36(34)25-42-27-41(52)16-12-33-13-19-46(54-2)47(22-33)56-30-38-23-35-15-18-45(53)43(11-6-20-55-42)44(35)26-37(38)29-49/h5,8,10,13-15,17-19,21-24,26,31,34,36,42,48-51,53H,3-4,7,9,11-12,16,25,27-30H2,1-2H3/t31-,34-,36-,42+/m0/s1. The predicted octanol–water partition coefficient (Wildman–Crippen LogP) is 8.26. The third-order valence-corrected chi connectivity index (χ3v) is 10.7. The molecule has 1 aliphatic carbocycles. The van der Waals surface area contributed by atoms with Crippen molar-refractivity contribution in [2.45, 2.75) is 90.1 Å². The van der Waals surface area contributed by atoms with Gasteiger partial charge < -0.3 is 40.0 Å². The third-order valence-electron chi connectivity index (χ3n) is 10.7. The van der Waals surface area contributed by atoms with Gasteiger partial charge in [0.15, 0.2) is 11.5 Å². The fourth-order valence-corrected chi connectivity index (χ4v) is 7.62. The smallest absolute Gasteiger partial charge is 0.161 e. The van der Waals surface area contributed by atoms with Crippen LogP contribution in [0.25, 0.3) is 10.8 Å². The van der Waals surface area contributed by atoms with Crippen LogP contribution in [0.3, 0.4) is 0 Å². The van der Waals surface area contributed by atoms with Crippen molar-refractivity contribution in [2.24, 2.45) is 11.8 Å². The molecule has 0 unspecified atom stereocenters. The molecule has 4 aromatic carbocycles. The van der Waals surface area contributed by atoms with Crippen LogP contribution in [0, 0.1) is 23.9 Å². The van der Waals surface area contributed by atoms with Crippen LogP contribution in [0.15, 0.2) is 90.7 Å². The normalized spacial score (nSPS) is 19.1. The number of unbranched alkanes of at least 4 members (excludes halogenated alkanes) is 1. The van der Waals surface area contributed by atoms with Gasteiger partial charge in [-0.15, -0.1) is 0 Å². The Kier molecular flexibility index (Phi) is 14.0. The fraction of sp³-hybridized carbons (Fsp3) is 0.383. The van der Waals surface area contributed by atoms with E-state index in [1.165, 1.54) is 5.56 Å². The molecule has 0 saturated heterocycles. The molecule has 294 valence electrons. The Hall–Kier alpha value is -5.43. The molecule has 9 nitrogen and oxygen atoms in total. The minimum absolute atomic E-state index is 0.0434. The summed E-state index contributed by atoms with van der Waals surface area (Å²) >= 11 is 0. The Morgan fingerprint density at radius 3 is 2.71 bits per heavy atom. The van der Waals surface area contributed by atoms with Crippen molar-refractivity contribution in [2.75, 3.05) is 19.0 Å². The lowest BCUT2D eigenvalue weighted by atomic mass is 9.80. The molecule has 0 spiro atoms. The number of anilines is 1. The van der Waals surface area contributed by atoms with Crippen LogP contribution >= 0.6 is 0 Å². The van der Waals surface area contributed by atoms with E-state index in [0.717, 1.165) is 53.3 Å². The van der Waals surface area contributed by atoms with Crippen molar-refractivity contribution in [3.8, 4) is 29.3 Å². The number of aliphatic hydroxyl groups is 3. The molecular weight excluding hydrogens is 707 g/mol. The number of fused-ring (bicyclic) bond motifs is 9. The molecule has 0 aromatic heterocycles. The number of hydrogen-bond acceptors (Lipinski definition) is 9. The molecule has 7 rings (SSSR count). The summed E-state index contributed by atoms with van der Waals surface area (Å²) in [5.74, 6) is 4.64. The van der Waals surface area contributed by atoms with Gasteiger partial charge in [0.25, 0.3) is 0 Å². The number of phenols is 1. The highest BCUT2D eigenvalue weighted by Crippen LogP contribution is 2.35. The molecular formula is C47H53NO8. The van der Waals surface area contributed by atoms with Crippen LogP contribution in [0.1, 0.15) is 73.3 Å². The summed E-state index contributed by atoms with van der Waals surface area (Å²) in [6.45, 7) is 2.24. The number of nitrogens with one attached hydrogen (secondary N) is 1. The maximum Gasteiger partial charge on any atom is 0.161 e. The first-order valence-corrected chi connectivity index (χ1v) is 19.6. The number of methoxy groups -OCH3 is 1. The van der Waals surface area contributed by atoms with Gasteiger partial charge in [-0.2, -0.15) is 0 Å². The summed E-state index contributed by atoms with van der Waals surface area (Å²) in [7, 11) is 1.58. The third kappa shape index (κ3) is 10.9. The van der Waals surface area contributed by atoms with E-state index in [2.05, 4.69) is 35.6 Å². The topological polar surface area (TPSA) is 138 Å². The monoisotopic (exact) mass is 759 g/mol. The number of Topliss-reactive ketones (excluding diaryl/α,β-unsaturated/α-hetero) is 1. The van der Waals surface area contributed by atoms with Crippen molar-refractivity contribution in [1.29, 1.82) is 0 Å². The first-order chi connectivity index (χ1) is 27.2. The van der Waals surface area contributed by atoms with Crippen molar-refractivity contribution in [1.82, 2.24) is 0 Å². The van der Waals surface area contributed by atoms with E-state index in [4.69, 9.17) is 14.2 Å². The number of benzene rings is 4. The minimum Gasteiger partial charge on any atom is -0.508 e. The van der Waals surface area contributed by atoms with E-state index < -0.39 is 12.2 Å². The van der Waals surface area contributed by atoms with E-state index in [1.807, 2.05) is 54.6 Å². The lowest BCUT2D eigenvalue weighted by molar-refractivity contribution is -0.121. The van der Waals surface area contributed by atoms with Crippen molar-refractivity contribution in [3.05, 3.63) is 119 Å². The Morgan fingerprint density at radius 1 is 1.02 bits per heavy atom. The first-order valence-electron chi connectivity index (χ1n) is 19.6. The Morgan fingerprint density at radius 2 is 1.89 bits per heavy atom. The SMILES string of the molecule is COc1ccc2cc1OCc1cc3ccc(O)c(c3cc1CO)CC#CO[C@H](C[C@@H]1C=C(O)C=C[C@@H]1CCCCc1cccc(NC[C@H](C)O)c1)CC(=O)CC2. The van der Waals surface area contributed by atoms with Crippen LogP contribution in [0.5, 0.6) is 17.2 Å². The van der Waals surface area contributed by atoms with Gasteiger partial charge in [-0.25, -0.2) is 0 Å². The summed E-state index contributed by atoms with van der Waals surface area (Å²) in [4.78, 5) is 13.6. The lowest BCUT2D eigenvalue weighted by Crippen LogP contribution is -2.24. The van der Waals surface area contributed by atoms with E-state index in [9.17, 15) is 25.2 Å². The largest absolute Gasteiger partial charge is 0.508 e. The molecule has 0 fully saturated rings. The average Bonchev–Trinajstić information content (AvgIpc) is 3.19. The van der Waals surface area contributed by atoms with Gasteiger partial charge in [0, 0.05) is 37.1 Å². The van der Waals surface area contributed by atoms with Crippen LogP contribution < -0.4 is 14.8 Å². The second-order valence-corrected chi connectivity index (χ2v) is 15.0. The number of phenolic OH excluding ortho intramolecular Hbond substituents is 1. The molecule has 0 amide bonds. The molecule has 9 heteroatoms. The summed E-state index contributed by atoms with van der Waals surface area (Å²) in [6, 6.07) is 21.3. The fourth-order valence-electron chi connectivity index (χ4n) is 7.62. The minimum atomic E-state index is -0.517. The maximum absolute atomic E-state index is 13.6. The number of ketones is 1. The number of aryl methyl sites for hydroxylation is 2. The van der Waals surface area contributed by atoms with Gasteiger partial charge in [-0.05, 0) is 139 Å². The molecule has 2 heterocycles. The molecule has 4 aromatic rings. The van der Waals surface area contributed by atoms with Crippen LogP contribution in [-0.4, -0.2) is 52.1 Å². The van der Waals surface area contributed by atoms with E-state index in [0.29, 0.717) is 48.4 Å². The zero-order valence-corrected chi connectivity index (χ0v) is 32.3. The lowest BCUT2D eigenvalue weighted by Gasteiger charge is -2.28. The molecule has 0 radical (unpaired) electrons. The molecule has 0 saturated carbocycles. The average molecular weight is 760 g/mol. The number of aromatic hydroxyl groups is 1. The van der Waals surface area contributed by atoms with Gasteiger partial charge in [0.05, 0.1) is 19.8 Å². The molecule has 5 N–H and O–H groups in total. The van der Waals surface area contributed by atoms with Crippen molar-refractivity contribution in [3.63, 3.8) is 0 Å². The number of carbonyl (C=O) groups is 1. The van der Waals surface area contributed by atoms with Gasteiger partial charge in [0.1, 0.15) is 36.1 Å². The van der Waals surface area contributed by atoms with Gasteiger partial charge >= 0.3 is 0 Å². The van der Waals surface area contributed by atoms with Crippen molar-refractivity contribution >= 4 is 22.2 Å². The number of carbonyl (C=O) groups excluding carboxylic acids is 1. The highest BCUT2D eigenvalue weighted by Gasteiger charge is 2.27. The van der Waals surface area contributed by atoms with Crippen LogP contribution in [-0.2, 0) is 42.0 Å². The zero-order valence-electron chi connectivity index (χ0n) is 32.3. The number of ether oxygens (including phenoxy) is 3. The molecule has 3 aliphatic rings. The van der Waals surface area contributed by atoms with E-state index in [-0.39, 0.29) is 55.2 Å². The number of hydrogen-bond donors (Lipinski definition) is 5. The summed E-state index contributed by atoms with van der Waals surface area (Å²) in [5.41, 5.74) is 5.26. The highest BCUT2D eigenvalue weighted by molar-refractivity contribution is 5.89. The second-order valence-electron chi connectivity index (χ2n) is 15.0.